The zero-order valence-corrected chi connectivity index (χ0v) is 11.7. The number of esters is 1. The van der Waals surface area contributed by atoms with Crippen molar-refractivity contribution in [3.63, 3.8) is 0 Å². The maximum absolute atomic E-state index is 11.7. The largest absolute Gasteiger partial charge is 0.488 e. The van der Waals surface area contributed by atoms with Crippen molar-refractivity contribution < 1.29 is 14.3 Å². The van der Waals surface area contributed by atoms with E-state index in [-0.39, 0.29) is 5.56 Å². The Morgan fingerprint density at radius 3 is 2.55 bits per heavy atom. The molecule has 0 fully saturated rings. The monoisotopic (exact) mass is 291 g/mol. The Bertz CT molecular complexity index is 611. The lowest BCUT2D eigenvalue weighted by Crippen LogP contribution is -2.09. The number of nitrogen functional groups attached to an aromatic ring is 1. The molecule has 0 saturated heterocycles. The van der Waals surface area contributed by atoms with Crippen LogP contribution in [0.5, 0.6) is 5.75 Å². The molecule has 0 bridgehead atoms. The van der Waals surface area contributed by atoms with Gasteiger partial charge in [-0.05, 0) is 29.8 Å². The third-order valence-electron chi connectivity index (χ3n) is 2.76. The van der Waals surface area contributed by atoms with E-state index in [0.29, 0.717) is 23.1 Å². The number of ether oxygens (including phenoxy) is 2. The van der Waals surface area contributed by atoms with Gasteiger partial charge >= 0.3 is 5.97 Å². The van der Waals surface area contributed by atoms with Crippen LogP contribution in [0.2, 0.25) is 5.02 Å². The molecule has 0 heterocycles. The van der Waals surface area contributed by atoms with Crippen LogP contribution in [0.3, 0.4) is 0 Å². The van der Waals surface area contributed by atoms with Crippen molar-refractivity contribution in [1.82, 2.24) is 0 Å². The first-order valence-corrected chi connectivity index (χ1v) is 6.33. The van der Waals surface area contributed by atoms with E-state index in [1.54, 1.807) is 30.3 Å². The van der Waals surface area contributed by atoms with Gasteiger partial charge in [-0.3, -0.25) is 0 Å². The maximum atomic E-state index is 11.7. The van der Waals surface area contributed by atoms with Gasteiger partial charge in [-0.25, -0.2) is 4.79 Å². The first-order valence-electron chi connectivity index (χ1n) is 5.96. The Labute approximate surface area is 122 Å². The summed E-state index contributed by atoms with van der Waals surface area (Å²) in [5.41, 5.74) is 7.29. The molecule has 2 N–H and O–H groups in total. The number of carbonyl (C=O) groups is 1. The molecule has 4 nitrogen and oxygen atoms in total. The van der Waals surface area contributed by atoms with Crippen molar-refractivity contribution in [2.75, 3.05) is 12.8 Å². The van der Waals surface area contributed by atoms with Gasteiger partial charge in [-0.2, -0.15) is 0 Å². The molecule has 20 heavy (non-hydrogen) atoms. The minimum atomic E-state index is -0.519. The number of halogens is 1. The maximum Gasteiger partial charge on any atom is 0.343 e. The van der Waals surface area contributed by atoms with E-state index < -0.39 is 5.97 Å². The number of nitrogens with two attached hydrogens (primary N) is 1. The lowest BCUT2D eigenvalue weighted by molar-refractivity contribution is 0.0597. The summed E-state index contributed by atoms with van der Waals surface area (Å²) in [4.78, 5) is 11.7. The van der Waals surface area contributed by atoms with Crippen molar-refractivity contribution in [3.05, 3.63) is 58.6 Å². The Kier molecular flexibility index (Phi) is 4.48. The summed E-state index contributed by atoms with van der Waals surface area (Å²) < 4.78 is 10.4. The summed E-state index contributed by atoms with van der Waals surface area (Å²) in [7, 11) is 1.30. The fourth-order valence-corrected chi connectivity index (χ4v) is 1.86. The van der Waals surface area contributed by atoms with Gasteiger partial charge in [-0.15, -0.1) is 0 Å². The number of benzene rings is 2. The molecule has 0 aliphatic heterocycles. The Balaban J connectivity index is 2.19. The van der Waals surface area contributed by atoms with Gasteiger partial charge < -0.3 is 15.2 Å². The van der Waals surface area contributed by atoms with E-state index >= 15 is 0 Å². The minimum absolute atomic E-state index is 0.240. The number of methoxy groups -OCH3 is 1. The molecule has 0 aliphatic carbocycles. The third-order valence-corrected chi connectivity index (χ3v) is 3.01. The van der Waals surface area contributed by atoms with Crippen LogP contribution in [0.15, 0.2) is 42.5 Å². The number of hydrogen-bond acceptors (Lipinski definition) is 4. The SMILES string of the molecule is COC(=O)c1c(N)cccc1OCc1ccc(Cl)cc1. The molecule has 0 unspecified atom stereocenters. The van der Waals surface area contributed by atoms with E-state index in [4.69, 9.17) is 26.8 Å². The Morgan fingerprint density at radius 1 is 1.20 bits per heavy atom. The quantitative estimate of drug-likeness (QED) is 0.693. The Morgan fingerprint density at radius 2 is 1.90 bits per heavy atom. The second kappa shape index (κ2) is 6.30. The smallest absolute Gasteiger partial charge is 0.343 e. The summed E-state index contributed by atoms with van der Waals surface area (Å²) >= 11 is 5.82. The number of rotatable bonds is 4. The average Bonchev–Trinajstić information content (AvgIpc) is 2.46. The van der Waals surface area contributed by atoms with Crippen molar-refractivity contribution >= 4 is 23.3 Å². The number of carbonyl (C=O) groups excluding carboxylic acids is 1. The predicted molar refractivity (Wildman–Crippen MR) is 78.0 cm³/mol. The fourth-order valence-electron chi connectivity index (χ4n) is 1.73. The molecule has 0 radical (unpaired) electrons. The van der Waals surface area contributed by atoms with Crippen molar-refractivity contribution in [1.29, 1.82) is 0 Å². The molecule has 104 valence electrons. The first kappa shape index (κ1) is 14.2. The minimum Gasteiger partial charge on any atom is -0.488 e. The van der Waals surface area contributed by atoms with Gasteiger partial charge in [0.25, 0.3) is 0 Å². The molecule has 5 heteroatoms. The third kappa shape index (κ3) is 3.22. The van der Waals surface area contributed by atoms with Crippen LogP contribution >= 0.6 is 11.6 Å². The van der Waals surface area contributed by atoms with Crippen molar-refractivity contribution in [2.45, 2.75) is 6.61 Å². The highest BCUT2D eigenvalue weighted by atomic mass is 35.5. The molecule has 2 aromatic rings. The molecule has 2 rings (SSSR count). The molecular formula is C15H14ClNO3. The van der Waals surface area contributed by atoms with Crippen LogP contribution in [-0.4, -0.2) is 13.1 Å². The van der Waals surface area contributed by atoms with Gasteiger partial charge in [0.1, 0.15) is 17.9 Å². The van der Waals surface area contributed by atoms with E-state index in [1.165, 1.54) is 7.11 Å². The van der Waals surface area contributed by atoms with Crippen LogP contribution in [0, 0.1) is 0 Å². The summed E-state index contributed by atoms with van der Waals surface area (Å²) in [6, 6.07) is 12.3. The second-order valence-corrected chi connectivity index (χ2v) is 4.56. The fraction of sp³-hybridized carbons (Fsp3) is 0.133. The van der Waals surface area contributed by atoms with Crippen molar-refractivity contribution in [3.8, 4) is 5.75 Å². The highest BCUT2D eigenvalue weighted by Crippen LogP contribution is 2.26. The van der Waals surface area contributed by atoms with E-state index in [0.717, 1.165) is 5.56 Å². The molecule has 0 atom stereocenters. The van der Waals surface area contributed by atoms with Crippen LogP contribution in [0.1, 0.15) is 15.9 Å². The van der Waals surface area contributed by atoms with Crippen LogP contribution in [0.25, 0.3) is 0 Å². The van der Waals surface area contributed by atoms with Crippen LogP contribution < -0.4 is 10.5 Å². The number of anilines is 1. The van der Waals surface area contributed by atoms with E-state index in [2.05, 4.69) is 0 Å². The summed E-state index contributed by atoms with van der Waals surface area (Å²) in [5.74, 6) is -0.124. The zero-order valence-electron chi connectivity index (χ0n) is 10.9. The molecule has 0 saturated carbocycles. The van der Waals surface area contributed by atoms with Crippen LogP contribution in [0.4, 0.5) is 5.69 Å². The molecule has 0 aromatic heterocycles. The van der Waals surface area contributed by atoms with Gasteiger partial charge in [0, 0.05) is 10.7 Å². The highest BCUT2D eigenvalue weighted by Gasteiger charge is 2.16. The zero-order chi connectivity index (χ0) is 14.5. The predicted octanol–water partition coefficient (Wildman–Crippen LogP) is 3.29. The second-order valence-electron chi connectivity index (χ2n) is 4.13. The normalized spacial score (nSPS) is 10.1. The first-order chi connectivity index (χ1) is 9.61. The standard InChI is InChI=1S/C15H14ClNO3/c1-19-15(18)14-12(17)3-2-4-13(14)20-9-10-5-7-11(16)8-6-10/h2-8H,9,17H2,1H3. The molecular weight excluding hydrogens is 278 g/mol. The van der Waals surface area contributed by atoms with Crippen LogP contribution in [-0.2, 0) is 11.3 Å². The molecule has 0 amide bonds. The highest BCUT2D eigenvalue weighted by molar-refractivity contribution is 6.30. The van der Waals surface area contributed by atoms with Gasteiger partial charge in [0.05, 0.1) is 7.11 Å². The topological polar surface area (TPSA) is 61.5 Å². The molecule has 2 aromatic carbocycles. The van der Waals surface area contributed by atoms with Gasteiger partial charge in [0.2, 0.25) is 0 Å². The number of hydrogen-bond donors (Lipinski definition) is 1. The molecule has 0 spiro atoms. The lowest BCUT2D eigenvalue weighted by Gasteiger charge is -2.12. The van der Waals surface area contributed by atoms with E-state index in [9.17, 15) is 4.79 Å². The Hall–Kier alpha value is -2.20. The summed E-state index contributed by atoms with van der Waals surface area (Å²) in [5, 5.41) is 0.660. The summed E-state index contributed by atoms with van der Waals surface area (Å²) in [6.07, 6.45) is 0. The van der Waals surface area contributed by atoms with Gasteiger partial charge in [0.15, 0.2) is 0 Å². The average molecular weight is 292 g/mol. The van der Waals surface area contributed by atoms with Gasteiger partial charge in [-0.1, -0.05) is 29.8 Å². The summed E-state index contributed by atoms with van der Waals surface area (Å²) in [6.45, 7) is 0.310. The van der Waals surface area contributed by atoms with Crippen molar-refractivity contribution in [2.24, 2.45) is 0 Å². The van der Waals surface area contributed by atoms with E-state index in [1.807, 2.05) is 12.1 Å². The lowest BCUT2D eigenvalue weighted by atomic mass is 10.1. The molecule has 0 aliphatic rings.